The molecule has 1 unspecified atom stereocenters. The van der Waals surface area contributed by atoms with Gasteiger partial charge < -0.3 is 5.73 Å². The van der Waals surface area contributed by atoms with E-state index in [0.29, 0.717) is 5.57 Å². The Bertz CT molecular complexity index is 182. The topological polar surface area (TPSA) is 26.0 Å². The summed E-state index contributed by atoms with van der Waals surface area (Å²) in [5, 5.41) is 0. The molecule has 0 aromatic rings. The van der Waals surface area contributed by atoms with Gasteiger partial charge in [-0.1, -0.05) is 37.8 Å². The fourth-order valence-electron chi connectivity index (χ4n) is 0.790. The van der Waals surface area contributed by atoms with Crippen molar-refractivity contribution in [3.05, 3.63) is 36.5 Å². The van der Waals surface area contributed by atoms with E-state index < -0.39 is 6.17 Å². The van der Waals surface area contributed by atoms with Crippen molar-refractivity contribution >= 4 is 0 Å². The van der Waals surface area contributed by atoms with Gasteiger partial charge >= 0.3 is 0 Å². The molecular weight excluding hydrogens is 153 g/mol. The highest BCUT2D eigenvalue weighted by atomic mass is 19.1. The fourth-order valence-corrected chi connectivity index (χ4v) is 0.790. The van der Waals surface area contributed by atoms with E-state index in [1.807, 2.05) is 13.0 Å². The van der Waals surface area contributed by atoms with Gasteiger partial charge in [-0.2, -0.15) is 0 Å². The molecule has 0 saturated heterocycles. The molecule has 2 N–H and O–H groups in total. The van der Waals surface area contributed by atoms with Crippen LogP contribution in [-0.2, 0) is 0 Å². The molecule has 68 valence electrons. The first kappa shape index (κ1) is 11.1. The van der Waals surface area contributed by atoms with E-state index in [0.717, 1.165) is 6.42 Å². The summed E-state index contributed by atoms with van der Waals surface area (Å²) in [5.74, 6) is 0. The molecule has 0 fully saturated rings. The van der Waals surface area contributed by atoms with Crippen LogP contribution < -0.4 is 5.73 Å². The molecule has 2 heteroatoms. The summed E-state index contributed by atoms with van der Waals surface area (Å²) in [6.07, 6.45) is 6.68. The normalized spacial score (nSPS) is 15.1. The van der Waals surface area contributed by atoms with E-state index in [9.17, 15) is 4.39 Å². The average Bonchev–Trinajstić information content (AvgIpc) is 2.11. The summed E-state index contributed by atoms with van der Waals surface area (Å²) in [6, 6.07) is 0. The molecule has 0 radical (unpaired) electrons. The molecule has 0 aromatic carbocycles. The Balaban J connectivity index is 4.33. The third-order valence-corrected chi connectivity index (χ3v) is 1.42. The Kier molecular flexibility index (Phi) is 6.29. The second kappa shape index (κ2) is 6.80. The van der Waals surface area contributed by atoms with Gasteiger partial charge in [-0.05, 0) is 12.0 Å². The number of alkyl halides is 1. The molecule has 0 aliphatic carbocycles. The lowest BCUT2D eigenvalue weighted by molar-refractivity contribution is 0.396. The van der Waals surface area contributed by atoms with Gasteiger partial charge in [-0.3, -0.25) is 0 Å². The van der Waals surface area contributed by atoms with E-state index in [1.54, 1.807) is 18.2 Å². The second-order valence-corrected chi connectivity index (χ2v) is 2.42. The van der Waals surface area contributed by atoms with Crippen LogP contribution in [0, 0.1) is 0 Å². The largest absolute Gasteiger partial charge is 0.327 e. The van der Waals surface area contributed by atoms with Crippen LogP contribution in [0.5, 0.6) is 0 Å². The summed E-state index contributed by atoms with van der Waals surface area (Å²) >= 11 is 0. The molecule has 1 atom stereocenters. The Morgan fingerprint density at radius 3 is 2.75 bits per heavy atom. The number of hydrogen-bond donors (Lipinski definition) is 1. The van der Waals surface area contributed by atoms with Gasteiger partial charge in [0.1, 0.15) is 6.17 Å². The minimum atomic E-state index is -1.08. The molecule has 1 nitrogen and oxygen atoms in total. The van der Waals surface area contributed by atoms with Crippen LogP contribution in [0.1, 0.15) is 13.3 Å². The molecule has 0 amide bonds. The smallest absolute Gasteiger partial charge is 0.137 e. The Morgan fingerprint density at radius 1 is 1.67 bits per heavy atom. The van der Waals surface area contributed by atoms with Crippen molar-refractivity contribution in [1.82, 2.24) is 0 Å². The predicted molar refractivity (Wildman–Crippen MR) is 51.7 cm³/mol. The number of halogens is 1. The van der Waals surface area contributed by atoms with Gasteiger partial charge in [-0.25, -0.2) is 4.39 Å². The minimum Gasteiger partial charge on any atom is -0.327 e. The highest BCUT2D eigenvalue weighted by Crippen LogP contribution is 2.08. The number of hydrogen-bond acceptors (Lipinski definition) is 1. The standard InChI is InChI=1S/C10H16FN/c1-3-5-7-9(6-4-2)10(11)8-12/h4-7,10H,2-3,8,12H2,1H3/b7-5-,9-6+. The Labute approximate surface area is 73.5 Å². The van der Waals surface area contributed by atoms with E-state index >= 15 is 0 Å². The molecule has 0 heterocycles. The SMILES string of the molecule is C=C/C=C(\C=C/CC)C(F)CN. The Hall–Kier alpha value is -0.890. The van der Waals surface area contributed by atoms with Crippen LogP contribution >= 0.6 is 0 Å². The molecule has 0 bridgehead atoms. The fraction of sp³-hybridized carbons (Fsp3) is 0.400. The maximum Gasteiger partial charge on any atom is 0.137 e. The predicted octanol–water partition coefficient (Wildman–Crippen LogP) is 2.36. The highest BCUT2D eigenvalue weighted by molar-refractivity contribution is 5.26. The molecular formula is C10H16FN. The van der Waals surface area contributed by atoms with Crippen LogP contribution in [0.4, 0.5) is 4.39 Å². The van der Waals surface area contributed by atoms with E-state index in [2.05, 4.69) is 6.58 Å². The lowest BCUT2D eigenvalue weighted by Crippen LogP contribution is -2.16. The van der Waals surface area contributed by atoms with Crippen molar-refractivity contribution in [3.63, 3.8) is 0 Å². The van der Waals surface area contributed by atoms with Crippen molar-refractivity contribution in [2.75, 3.05) is 6.54 Å². The first-order valence-corrected chi connectivity index (χ1v) is 4.09. The summed E-state index contributed by atoms with van der Waals surface area (Å²) in [4.78, 5) is 0. The van der Waals surface area contributed by atoms with Crippen LogP contribution in [-0.4, -0.2) is 12.7 Å². The third-order valence-electron chi connectivity index (χ3n) is 1.42. The monoisotopic (exact) mass is 169 g/mol. The van der Waals surface area contributed by atoms with Gasteiger partial charge in [0.15, 0.2) is 0 Å². The molecule has 0 spiro atoms. The van der Waals surface area contributed by atoms with Gasteiger partial charge in [-0.15, -0.1) is 0 Å². The quantitative estimate of drug-likeness (QED) is 0.628. The molecule has 0 aromatic heterocycles. The van der Waals surface area contributed by atoms with Crippen LogP contribution in [0.3, 0.4) is 0 Å². The van der Waals surface area contributed by atoms with Gasteiger partial charge in [0.25, 0.3) is 0 Å². The lowest BCUT2D eigenvalue weighted by atomic mass is 10.1. The zero-order chi connectivity index (χ0) is 9.40. The summed E-state index contributed by atoms with van der Waals surface area (Å²) in [7, 11) is 0. The van der Waals surface area contributed by atoms with Crippen molar-refractivity contribution in [3.8, 4) is 0 Å². The minimum absolute atomic E-state index is 0.0216. The Morgan fingerprint density at radius 2 is 2.33 bits per heavy atom. The molecule has 0 saturated carbocycles. The first-order chi connectivity index (χ1) is 5.76. The molecule has 12 heavy (non-hydrogen) atoms. The van der Waals surface area contributed by atoms with Crippen LogP contribution in [0.2, 0.25) is 0 Å². The summed E-state index contributed by atoms with van der Waals surface area (Å²) < 4.78 is 13.0. The number of rotatable bonds is 5. The first-order valence-electron chi connectivity index (χ1n) is 4.09. The summed E-state index contributed by atoms with van der Waals surface area (Å²) in [6.45, 7) is 5.53. The van der Waals surface area contributed by atoms with E-state index in [4.69, 9.17) is 5.73 Å². The van der Waals surface area contributed by atoms with Crippen LogP contribution in [0.25, 0.3) is 0 Å². The van der Waals surface area contributed by atoms with Crippen molar-refractivity contribution in [1.29, 1.82) is 0 Å². The average molecular weight is 169 g/mol. The third kappa shape index (κ3) is 4.09. The van der Waals surface area contributed by atoms with Gasteiger partial charge in [0, 0.05) is 6.54 Å². The number of nitrogens with two attached hydrogens (primary N) is 1. The number of allylic oxidation sites excluding steroid dienone is 4. The van der Waals surface area contributed by atoms with Crippen molar-refractivity contribution < 1.29 is 4.39 Å². The molecule has 0 aliphatic heterocycles. The van der Waals surface area contributed by atoms with Crippen LogP contribution in [0.15, 0.2) is 36.5 Å². The maximum atomic E-state index is 13.0. The summed E-state index contributed by atoms with van der Waals surface area (Å²) in [5.41, 5.74) is 5.78. The van der Waals surface area contributed by atoms with E-state index in [-0.39, 0.29) is 6.54 Å². The lowest BCUT2D eigenvalue weighted by Gasteiger charge is -2.04. The van der Waals surface area contributed by atoms with Crippen molar-refractivity contribution in [2.45, 2.75) is 19.5 Å². The second-order valence-electron chi connectivity index (χ2n) is 2.42. The van der Waals surface area contributed by atoms with Gasteiger partial charge in [0.05, 0.1) is 0 Å². The zero-order valence-electron chi connectivity index (χ0n) is 7.46. The maximum absolute atomic E-state index is 13.0. The molecule has 0 rings (SSSR count). The van der Waals surface area contributed by atoms with E-state index in [1.165, 1.54) is 0 Å². The van der Waals surface area contributed by atoms with Gasteiger partial charge in [0.2, 0.25) is 0 Å². The zero-order valence-corrected chi connectivity index (χ0v) is 7.46. The molecule has 0 aliphatic rings. The highest BCUT2D eigenvalue weighted by Gasteiger charge is 2.05. The van der Waals surface area contributed by atoms with Crippen molar-refractivity contribution in [2.24, 2.45) is 5.73 Å².